The third-order valence-electron chi connectivity index (χ3n) is 2.95. The number of ether oxygens (including phenoxy) is 1. The van der Waals surface area contributed by atoms with Gasteiger partial charge in [0.15, 0.2) is 0 Å². The predicted molar refractivity (Wildman–Crippen MR) is 71.4 cm³/mol. The summed E-state index contributed by atoms with van der Waals surface area (Å²) in [5.74, 6) is -0.121. The third-order valence-corrected chi connectivity index (χ3v) is 3.85. The van der Waals surface area contributed by atoms with Crippen LogP contribution < -0.4 is 0 Å². The van der Waals surface area contributed by atoms with E-state index in [-0.39, 0.29) is 5.97 Å². The van der Waals surface area contributed by atoms with Gasteiger partial charge in [0, 0.05) is 17.3 Å². The maximum Gasteiger partial charge on any atom is 0.305 e. The Morgan fingerprint density at radius 3 is 2.94 bits per heavy atom. The molecule has 1 unspecified atom stereocenters. The smallest absolute Gasteiger partial charge is 0.305 e. The minimum atomic E-state index is -0.121. The van der Waals surface area contributed by atoms with E-state index in [1.54, 1.807) is 11.3 Å². The van der Waals surface area contributed by atoms with Gasteiger partial charge in [-0.2, -0.15) is 0 Å². The molecule has 0 aromatic carbocycles. The first-order chi connectivity index (χ1) is 8.13. The SMILES string of the molecule is COC(=O)CCCN(C)C(C)Cc1cccs1. The Balaban J connectivity index is 2.22. The van der Waals surface area contributed by atoms with Gasteiger partial charge in [-0.15, -0.1) is 11.3 Å². The lowest BCUT2D eigenvalue weighted by Crippen LogP contribution is -2.31. The molecule has 0 bridgehead atoms. The molecule has 4 heteroatoms. The summed E-state index contributed by atoms with van der Waals surface area (Å²) in [6.07, 6.45) is 2.44. The van der Waals surface area contributed by atoms with E-state index in [0.717, 1.165) is 19.4 Å². The quantitative estimate of drug-likeness (QED) is 0.701. The van der Waals surface area contributed by atoms with Gasteiger partial charge in [0.05, 0.1) is 7.11 Å². The lowest BCUT2D eigenvalue weighted by Gasteiger charge is -2.24. The van der Waals surface area contributed by atoms with Crippen LogP contribution in [-0.2, 0) is 16.0 Å². The molecule has 17 heavy (non-hydrogen) atoms. The molecule has 3 nitrogen and oxygen atoms in total. The molecule has 1 rings (SSSR count). The second-order valence-electron chi connectivity index (χ2n) is 4.29. The average molecular weight is 255 g/mol. The van der Waals surface area contributed by atoms with Crippen LogP contribution in [0.3, 0.4) is 0 Å². The number of methoxy groups -OCH3 is 1. The van der Waals surface area contributed by atoms with E-state index in [0.29, 0.717) is 12.5 Å². The zero-order valence-corrected chi connectivity index (χ0v) is 11.6. The fourth-order valence-electron chi connectivity index (χ4n) is 1.67. The first-order valence-electron chi connectivity index (χ1n) is 5.93. The van der Waals surface area contributed by atoms with Gasteiger partial charge in [0.1, 0.15) is 0 Å². The summed E-state index contributed by atoms with van der Waals surface area (Å²) in [7, 11) is 3.54. The molecule has 0 spiro atoms. The molecule has 0 amide bonds. The Kier molecular flexibility index (Phi) is 6.22. The Morgan fingerprint density at radius 1 is 1.59 bits per heavy atom. The summed E-state index contributed by atoms with van der Waals surface area (Å²) < 4.78 is 4.62. The van der Waals surface area contributed by atoms with Crippen molar-refractivity contribution in [2.75, 3.05) is 20.7 Å². The van der Waals surface area contributed by atoms with E-state index >= 15 is 0 Å². The molecular formula is C13H21NO2S. The molecular weight excluding hydrogens is 234 g/mol. The maximum atomic E-state index is 11.0. The van der Waals surface area contributed by atoms with E-state index < -0.39 is 0 Å². The van der Waals surface area contributed by atoms with Gasteiger partial charge in [0.25, 0.3) is 0 Å². The number of nitrogens with zero attached hydrogens (tertiary/aromatic N) is 1. The van der Waals surface area contributed by atoms with Crippen molar-refractivity contribution >= 4 is 17.3 Å². The van der Waals surface area contributed by atoms with Gasteiger partial charge < -0.3 is 9.64 Å². The molecule has 0 saturated carbocycles. The number of hydrogen-bond donors (Lipinski definition) is 0. The Bertz CT molecular complexity index is 324. The maximum absolute atomic E-state index is 11.0. The van der Waals surface area contributed by atoms with Gasteiger partial charge >= 0.3 is 5.97 Å². The first-order valence-corrected chi connectivity index (χ1v) is 6.81. The molecule has 0 aliphatic carbocycles. The largest absolute Gasteiger partial charge is 0.469 e. The van der Waals surface area contributed by atoms with Crippen LogP contribution in [-0.4, -0.2) is 37.6 Å². The number of carbonyl (C=O) groups excluding carboxylic acids is 1. The molecule has 1 heterocycles. The summed E-state index contributed by atoms with van der Waals surface area (Å²) in [4.78, 5) is 14.7. The van der Waals surface area contributed by atoms with Crippen LogP contribution in [0, 0.1) is 0 Å². The van der Waals surface area contributed by atoms with Gasteiger partial charge in [-0.1, -0.05) is 6.07 Å². The summed E-state index contributed by atoms with van der Waals surface area (Å²) in [6.45, 7) is 3.15. The van der Waals surface area contributed by atoms with Crippen molar-refractivity contribution in [3.63, 3.8) is 0 Å². The molecule has 0 aliphatic rings. The molecule has 1 aromatic heterocycles. The van der Waals surface area contributed by atoms with E-state index in [1.807, 2.05) is 0 Å². The normalized spacial score (nSPS) is 12.7. The van der Waals surface area contributed by atoms with Gasteiger partial charge in [-0.25, -0.2) is 0 Å². The lowest BCUT2D eigenvalue weighted by atomic mass is 10.1. The summed E-state index contributed by atoms with van der Waals surface area (Å²) in [5.41, 5.74) is 0. The van der Waals surface area contributed by atoms with Crippen LogP contribution in [0.1, 0.15) is 24.6 Å². The standard InChI is InChI=1S/C13H21NO2S/c1-11(10-12-6-5-9-17-12)14(2)8-4-7-13(15)16-3/h5-6,9,11H,4,7-8,10H2,1-3H3. The topological polar surface area (TPSA) is 29.5 Å². The number of esters is 1. The first kappa shape index (κ1) is 14.2. The zero-order valence-electron chi connectivity index (χ0n) is 10.8. The average Bonchev–Trinajstić information content (AvgIpc) is 2.81. The lowest BCUT2D eigenvalue weighted by molar-refractivity contribution is -0.140. The van der Waals surface area contributed by atoms with Crippen LogP contribution >= 0.6 is 11.3 Å². The Hall–Kier alpha value is -0.870. The van der Waals surface area contributed by atoms with Gasteiger partial charge in [-0.05, 0) is 44.8 Å². The van der Waals surface area contributed by atoms with E-state index in [9.17, 15) is 4.79 Å². The molecule has 0 fully saturated rings. The molecule has 1 atom stereocenters. The molecule has 0 aliphatic heterocycles. The van der Waals surface area contributed by atoms with Crippen molar-refractivity contribution in [1.29, 1.82) is 0 Å². The Labute approximate surface area is 107 Å². The van der Waals surface area contributed by atoms with Crippen molar-refractivity contribution in [3.05, 3.63) is 22.4 Å². The highest BCUT2D eigenvalue weighted by Crippen LogP contribution is 2.13. The van der Waals surface area contributed by atoms with Gasteiger partial charge in [0.2, 0.25) is 0 Å². The molecule has 0 saturated heterocycles. The fourth-order valence-corrected chi connectivity index (χ4v) is 2.50. The van der Waals surface area contributed by atoms with Crippen LogP contribution in [0.15, 0.2) is 17.5 Å². The number of hydrogen-bond acceptors (Lipinski definition) is 4. The van der Waals surface area contributed by atoms with E-state index in [2.05, 4.69) is 41.1 Å². The summed E-state index contributed by atoms with van der Waals surface area (Å²) in [6, 6.07) is 4.76. The number of thiophene rings is 1. The fraction of sp³-hybridized carbons (Fsp3) is 0.615. The van der Waals surface area contributed by atoms with Crippen LogP contribution in [0.4, 0.5) is 0 Å². The minimum Gasteiger partial charge on any atom is -0.469 e. The molecule has 96 valence electrons. The van der Waals surface area contributed by atoms with E-state index in [1.165, 1.54) is 12.0 Å². The van der Waals surface area contributed by atoms with Crippen molar-refractivity contribution in [3.8, 4) is 0 Å². The third kappa shape index (κ3) is 5.33. The Morgan fingerprint density at radius 2 is 2.35 bits per heavy atom. The van der Waals surface area contributed by atoms with Crippen LogP contribution in [0.25, 0.3) is 0 Å². The molecule has 1 aromatic rings. The second kappa shape index (κ2) is 7.45. The number of rotatable bonds is 7. The highest BCUT2D eigenvalue weighted by molar-refractivity contribution is 7.09. The van der Waals surface area contributed by atoms with Crippen molar-refractivity contribution in [2.24, 2.45) is 0 Å². The van der Waals surface area contributed by atoms with E-state index in [4.69, 9.17) is 0 Å². The van der Waals surface area contributed by atoms with Crippen molar-refractivity contribution in [2.45, 2.75) is 32.2 Å². The highest BCUT2D eigenvalue weighted by Gasteiger charge is 2.11. The summed E-state index contributed by atoms with van der Waals surface area (Å²) >= 11 is 1.80. The molecule has 0 radical (unpaired) electrons. The number of carbonyl (C=O) groups is 1. The van der Waals surface area contributed by atoms with Gasteiger partial charge in [-0.3, -0.25) is 4.79 Å². The molecule has 0 N–H and O–H groups in total. The monoisotopic (exact) mass is 255 g/mol. The predicted octanol–water partition coefficient (Wildman–Crippen LogP) is 2.56. The van der Waals surface area contributed by atoms with Crippen molar-refractivity contribution in [1.82, 2.24) is 4.90 Å². The second-order valence-corrected chi connectivity index (χ2v) is 5.33. The van der Waals surface area contributed by atoms with Crippen LogP contribution in [0.2, 0.25) is 0 Å². The summed E-state index contributed by atoms with van der Waals surface area (Å²) in [5, 5.41) is 2.11. The number of likely N-dealkylation sites (N-methyl/N-ethyl adjacent to an activating group) is 1. The van der Waals surface area contributed by atoms with Crippen LogP contribution in [0.5, 0.6) is 0 Å². The highest BCUT2D eigenvalue weighted by atomic mass is 32.1. The zero-order chi connectivity index (χ0) is 12.7. The minimum absolute atomic E-state index is 0.121. The van der Waals surface area contributed by atoms with Crippen molar-refractivity contribution < 1.29 is 9.53 Å².